The summed E-state index contributed by atoms with van der Waals surface area (Å²) in [7, 11) is 1.65. The van der Waals surface area contributed by atoms with Crippen molar-refractivity contribution in [3.8, 4) is 0 Å². The number of ether oxygens (including phenoxy) is 1. The molecule has 2 aliphatic rings. The molecule has 2 aliphatic heterocycles. The van der Waals surface area contributed by atoms with Crippen molar-refractivity contribution < 1.29 is 9.53 Å². The first-order valence-corrected chi connectivity index (χ1v) is 10.9. The maximum Gasteiger partial charge on any atom is 0.327 e. The molecular formula is C22H24Cl2N6O2. The molecular weight excluding hydrogens is 451 g/mol. The van der Waals surface area contributed by atoms with Gasteiger partial charge < -0.3 is 25.6 Å². The van der Waals surface area contributed by atoms with E-state index in [9.17, 15) is 4.79 Å². The van der Waals surface area contributed by atoms with E-state index in [-0.39, 0.29) is 12.2 Å². The summed E-state index contributed by atoms with van der Waals surface area (Å²) >= 11 is 12.3. The molecule has 2 aromatic rings. The Balaban J connectivity index is 1.39. The van der Waals surface area contributed by atoms with E-state index in [1.165, 1.54) is 10.6 Å². The summed E-state index contributed by atoms with van der Waals surface area (Å²) in [5, 5.41) is 9.81. The van der Waals surface area contributed by atoms with Crippen LogP contribution in [-0.2, 0) is 4.74 Å². The Bertz CT molecular complexity index is 1000. The summed E-state index contributed by atoms with van der Waals surface area (Å²) in [5.74, 6) is 0.572. The van der Waals surface area contributed by atoms with Crippen molar-refractivity contribution in [1.82, 2.24) is 10.2 Å². The van der Waals surface area contributed by atoms with Gasteiger partial charge in [-0.1, -0.05) is 29.3 Å². The number of hydrogen-bond donors (Lipinski definition) is 3. The average molecular weight is 475 g/mol. The number of anilines is 3. The second-order valence-corrected chi connectivity index (χ2v) is 8.11. The van der Waals surface area contributed by atoms with Crippen molar-refractivity contribution >= 4 is 52.6 Å². The highest BCUT2D eigenvalue weighted by atomic mass is 35.5. The van der Waals surface area contributed by atoms with Crippen LogP contribution in [0.5, 0.6) is 0 Å². The van der Waals surface area contributed by atoms with Gasteiger partial charge in [0.15, 0.2) is 0 Å². The molecule has 3 N–H and O–H groups in total. The molecule has 32 heavy (non-hydrogen) atoms. The van der Waals surface area contributed by atoms with Crippen molar-refractivity contribution in [1.29, 1.82) is 0 Å². The lowest BCUT2D eigenvalue weighted by atomic mass is 10.2. The first-order chi connectivity index (χ1) is 15.5. The number of aliphatic imine (C=N–C) groups is 1. The van der Waals surface area contributed by atoms with Crippen molar-refractivity contribution in [2.45, 2.75) is 6.17 Å². The molecule has 0 spiro atoms. The first-order valence-electron chi connectivity index (χ1n) is 10.2. The lowest BCUT2D eigenvalue weighted by Crippen LogP contribution is -2.39. The number of para-hydroxylation sites is 1. The van der Waals surface area contributed by atoms with E-state index in [2.05, 4.69) is 38.0 Å². The Morgan fingerprint density at radius 2 is 1.84 bits per heavy atom. The standard InChI is InChI=1S/C22H24Cl2N6O2/c1-29(22(31)28-21-17(23)3-2-4-18(21)24)20-13-19(25-14-26-20)27-15-5-7-16(8-6-15)30-9-11-32-12-10-30/h2-8,13-14,19,27H,9-12H2,1H3,(H,25,26)(H,28,31). The van der Waals surface area contributed by atoms with Crippen molar-refractivity contribution in [2.24, 2.45) is 4.99 Å². The molecule has 10 heteroatoms. The summed E-state index contributed by atoms with van der Waals surface area (Å²) in [5.41, 5.74) is 2.46. The summed E-state index contributed by atoms with van der Waals surface area (Å²) in [6.45, 7) is 3.29. The third-order valence-electron chi connectivity index (χ3n) is 5.18. The highest BCUT2D eigenvalue weighted by Crippen LogP contribution is 2.30. The van der Waals surface area contributed by atoms with Gasteiger partial charge in [0.05, 0.1) is 35.3 Å². The van der Waals surface area contributed by atoms with Gasteiger partial charge in [0, 0.05) is 37.6 Å². The monoisotopic (exact) mass is 474 g/mol. The molecule has 2 aromatic carbocycles. The minimum atomic E-state index is -0.386. The number of halogens is 2. The third-order valence-corrected chi connectivity index (χ3v) is 5.81. The number of carbonyl (C=O) groups is 1. The number of hydrogen-bond acceptors (Lipinski definition) is 6. The number of morpholine rings is 1. The smallest absolute Gasteiger partial charge is 0.327 e. The fourth-order valence-electron chi connectivity index (χ4n) is 3.39. The fourth-order valence-corrected chi connectivity index (χ4v) is 3.88. The number of nitrogens with zero attached hydrogens (tertiary/aromatic N) is 3. The van der Waals surface area contributed by atoms with Crippen LogP contribution in [0.3, 0.4) is 0 Å². The molecule has 1 unspecified atom stereocenters. The molecule has 168 valence electrons. The van der Waals surface area contributed by atoms with Gasteiger partial charge in [0.25, 0.3) is 0 Å². The number of rotatable bonds is 5. The zero-order valence-corrected chi connectivity index (χ0v) is 19.0. The van der Waals surface area contributed by atoms with Crippen LogP contribution in [0.25, 0.3) is 0 Å². The van der Waals surface area contributed by atoms with Crippen LogP contribution in [0.15, 0.2) is 59.4 Å². The molecule has 0 aromatic heterocycles. The maximum atomic E-state index is 12.7. The van der Waals surface area contributed by atoms with E-state index < -0.39 is 0 Å². The van der Waals surface area contributed by atoms with Gasteiger partial charge in [-0.3, -0.25) is 4.90 Å². The maximum absolute atomic E-state index is 12.7. The third kappa shape index (κ3) is 5.27. The van der Waals surface area contributed by atoms with Gasteiger partial charge in [-0.05, 0) is 36.4 Å². The van der Waals surface area contributed by atoms with Crippen LogP contribution in [-0.4, -0.2) is 56.8 Å². The molecule has 0 bridgehead atoms. The SMILES string of the molecule is CN(C(=O)Nc1c(Cl)cccc1Cl)C1=CC(Nc2ccc(N3CCOCC3)cc2)N=CN1. The predicted molar refractivity (Wildman–Crippen MR) is 130 cm³/mol. The summed E-state index contributed by atoms with van der Waals surface area (Å²) in [6, 6.07) is 12.9. The highest BCUT2D eigenvalue weighted by Gasteiger charge is 2.19. The van der Waals surface area contributed by atoms with E-state index in [4.69, 9.17) is 27.9 Å². The van der Waals surface area contributed by atoms with Crippen LogP contribution < -0.4 is 20.9 Å². The van der Waals surface area contributed by atoms with Gasteiger partial charge in [-0.25, -0.2) is 9.79 Å². The molecule has 0 saturated carbocycles. The molecule has 8 nitrogen and oxygen atoms in total. The molecule has 2 heterocycles. The van der Waals surface area contributed by atoms with Crippen LogP contribution in [0.1, 0.15) is 0 Å². The van der Waals surface area contributed by atoms with Gasteiger partial charge in [0.2, 0.25) is 0 Å². The van der Waals surface area contributed by atoms with E-state index >= 15 is 0 Å². The quantitative estimate of drug-likeness (QED) is 0.604. The highest BCUT2D eigenvalue weighted by molar-refractivity contribution is 6.39. The molecule has 4 rings (SSSR count). The second-order valence-electron chi connectivity index (χ2n) is 7.30. The number of carbonyl (C=O) groups excluding carboxylic acids is 1. The number of urea groups is 1. The molecule has 0 radical (unpaired) electrons. The fraction of sp³-hybridized carbons (Fsp3) is 0.273. The van der Waals surface area contributed by atoms with Gasteiger partial charge in [0.1, 0.15) is 12.0 Å². The average Bonchev–Trinajstić information content (AvgIpc) is 2.82. The van der Waals surface area contributed by atoms with E-state index in [0.717, 1.165) is 32.0 Å². The lowest BCUT2D eigenvalue weighted by molar-refractivity contribution is 0.122. The lowest BCUT2D eigenvalue weighted by Gasteiger charge is -2.29. The Morgan fingerprint density at radius 3 is 2.53 bits per heavy atom. The van der Waals surface area contributed by atoms with Crippen LogP contribution >= 0.6 is 23.2 Å². The minimum Gasteiger partial charge on any atom is -0.378 e. The van der Waals surface area contributed by atoms with Crippen LogP contribution in [0.4, 0.5) is 21.9 Å². The molecule has 1 saturated heterocycles. The number of amides is 2. The number of nitrogens with one attached hydrogen (secondary N) is 3. The van der Waals surface area contributed by atoms with Crippen LogP contribution in [0, 0.1) is 0 Å². The minimum absolute atomic E-state index is 0.334. The zero-order chi connectivity index (χ0) is 22.5. The molecule has 1 atom stereocenters. The predicted octanol–water partition coefficient (Wildman–Crippen LogP) is 4.20. The number of benzene rings is 2. The van der Waals surface area contributed by atoms with Crippen molar-refractivity contribution in [2.75, 3.05) is 48.9 Å². The Hall–Kier alpha value is -2.94. The van der Waals surface area contributed by atoms with Gasteiger partial charge in [-0.2, -0.15) is 0 Å². The molecule has 0 aliphatic carbocycles. The van der Waals surface area contributed by atoms with Gasteiger partial charge >= 0.3 is 6.03 Å². The molecule has 1 fully saturated rings. The Labute approximate surface area is 196 Å². The summed E-state index contributed by atoms with van der Waals surface area (Å²) in [4.78, 5) is 20.8. The largest absolute Gasteiger partial charge is 0.378 e. The van der Waals surface area contributed by atoms with E-state index in [1.54, 1.807) is 31.6 Å². The van der Waals surface area contributed by atoms with Crippen molar-refractivity contribution in [3.05, 3.63) is 64.4 Å². The molecule has 2 amide bonds. The second kappa shape index (κ2) is 10.1. The first kappa shape index (κ1) is 22.3. The van der Waals surface area contributed by atoms with Gasteiger partial charge in [-0.15, -0.1) is 0 Å². The topological polar surface area (TPSA) is 81.2 Å². The Kier molecular flexibility index (Phi) is 7.04. The Morgan fingerprint density at radius 1 is 1.16 bits per heavy atom. The van der Waals surface area contributed by atoms with Crippen LogP contribution in [0.2, 0.25) is 10.0 Å². The van der Waals surface area contributed by atoms with E-state index in [1.807, 2.05) is 18.2 Å². The van der Waals surface area contributed by atoms with E-state index in [0.29, 0.717) is 21.6 Å². The summed E-state index contributed by atoms with van der Waals surface area (Å²) in [6.07, 6.45) is 3.05. The normalized spacial score (nSPS) is 17.9. The van der Waals surface area contributed by atoms with Crippen molar-refractivity contribution in [3.63, 3.8) is 0 Å². The summed E-state index contributed by atoms with van der Waals surface area (Å²) < 4.78 is 5.41. The zero-order valence-electron chi connectivity index (χ0n) is 17.5.